The highest BCUT2D eigenvalue weighted by Gasteiger charge is 2.23. The molecule has 2 aromatic rings. The molecule has 3 rings (SSSR count). The first-order valence-corrected chi connectivity index (χ1v) is 9.46. The third-order valence-electron chi connectivity index (χ3n) is 4.31. The van der Waals surface area contributed by atoms with Gasteiger partial charge in [0.2, 0.25) is 0 Å². The van der Waals surface area contributed by atoms with Crippen LogP contribution in [-0.4, -0.2) is 38.7 Å². The van der Waals surface area contributed by atoms with E-state index < -0.39 is 5.91 Å². The van der Waals surface area contributed by atoms with Crippen molar-refractivity contribution in [3.63, 3.8) is 0 Å². The van der Waals surface area contributed by atoms with Gasteiger partial charge in [-0.3, -0.25) is 9.59 Å². The Labute approximate surface area is 169 Å². The molecular formula is C22H24N2O5. The molecule has 0 aromatic heterocycles. The number of carbonyl (C=O) groups is 2. The highest BCUT2D eigenvalue weighted by molar-refractivity contribution is 6.09. The Morgan fingerprint density at radius 2 is 2.07 bits per heavy atom. The van der Waals surface area contributed by atoms with E-state index in [1.54, 1.807) is 37.5 Å². The average molecular weight is 396 g/mol. The third kappa shape index (κ3) is 5.14. The van der Waals surface area contributed by atoms with Crippen LogP contribution in [-0.2, 0) is 9.53 Å². The Balaban J connectivity index is 1.71. The number of anilines is 1. The van der Waals surface area contributed by atoms with Crippen LogP contribution in [0.1, 0.15) is 29.3 Å². The molecule has 29 heavy (non-hydrogen) atoms. The summed E-state index contributed by atoms with van der Waals surface area (Å²) in [6.45, 7) is 3.71. The maximum atomic E-state index is 12.5. The fraction of sp³-hybridized carbons (Fsp3) is 0.273. The largest absolute Gasteiger partial charge is 0.496 e. The van der Waals surface area contributed by atoms with Crippen LogP contribution in [0.4, 0.5) is 5.69 Å². The number of carbonyl (C=O) groups excluding carboxylic acids is 2. The Morgan fingerprint density at radius 1 is 1.24 bits per heavy atom. The average Bonchev–Trinajstić information content (AvgIpc) is 2.74. The summed E-state index contributed by atoms with van der Waals surface area (Å²) in [6, 6.07) is 12.3. The van der Waals surface area contributed by atoms with Gasteiger partial charge in [-0.2, -0.15) is 0 Å². The van der Waals surface area contributed by atoms with E-state index >= 15 is 0 Å². The summed E-state index contributed by atoms with van der Waals surface area (Å²) in [5, 5.41) is 5.61. The molecule has 1 heterocycles. The zero-order valence-electron chi connectivity index (χ0n) is 16.5. The van der Waals surface area contributed by atoms with E-state index in [0.29, 0.717) is 42.5 Å². The fourth-order valence-electron chi connectivity index (χ4n) is 2.85. The topological polar surface area (TPSA) is 85.9 Å². The van der Waals surface area contributed by atoms with Crippen LogP contribution >= 0.6 is 0 Å². The van der Waals surface area contributed by atoms with Crippen LogP contribution in [0, 0.1) is 0 Å². The molecule has 0 unspecified atom stereocenters. The van der Waals surface area contributed by atoms with Crippen molar-refractivity contribution in [2.75, 3.05) is 32.2 Å². The van der Waals surface area contributed by atoms with E-state index in [-0.39, 0.29) is 11.7 Å². The van der Waals surface area contributed by atoms with Crippen LogP contribution < -0.4 is 20.1 Å². The van der Waals surface area contributed by atoms with Gasteiger partial charge in [-0.15, -0.1) is 0 Å². The number of amides is 2. The first kappa shape index (κ1) is 20.4. The molecular weight excluding hydrogens is 372 g/mol. The van der Waals surface area contributed by atoms with Crippen molar-refractivity contribution in [1.29, 1.82) is 0 Å². The third-order valence-corrected chi connectivity index (χ3v) is 4.31. The van der Waals surface area contributed by atoms with Crippen molar-refractivity contribution in [1.82, 2.24) is 5.32 Å². The second-order valence-electron chi connectivity index (χ2n) is 6.32. The molecule has 0 radical (unpaired) electrons. The van der Waals surface area contributed by atoms with E-state index in [9.17, 15) is 9.59 Å². The molecule has 1 aliphatic heterocycles. The Kier molecular flexibility index (Phi) is 6.86. The SMILES string of the molecule is CCOCCCNC(=O)c1ccc2c(c1)NC(=O)/C(=C/c1ccccc1OC)O2. The van der Waals surface area contributed by atoms with Gasteiger partial charge in [0.1, 0.15) is 5.75 Å². The number of ether oxygens (including phenoxy) is 3. The minimum atomic E-state index is -0.391. The molecule has 0 fully saturated rings. The second-order valence-corrected chi connectivity index (χ2v) is 6.32. The fourth-order valence-corrected chi connectivity index (χ4v) is 2.85. The van der Waals surface area contributed by atoms with Gasteiger partial charge in [0.25, 0.3) is 11.8 Å². The van der Waals surface area contributed by atoms with E-state index in [0.717, 1.165) is 12.0 Å². The first-order valence-electron chi connectivity index (χ1n) is 9.46. The smallest absolute Gasteiger partial charge is 0.291 e. The predicted octanol–water partition coefficient (Wildman–Crippen LogP) is 3.22. The molecule has 7 nitrogen and oxygen atoms in total. The van der Waals surface area contributed by atoms with Crippen molar-refractivity contribution in [2.45, 2.75) is 13.3 Å². The normalized spacial score (nSPS) is 14.0. The summed E-state index contributed by atoms with van der Waals surface area (Å²) in [5.74, 6) is 0.652. The Morgan fingerprint density at radius 3 is 2.86 bits per heavy atom. The van der Waals surface area contributed by atoms with Crippen molar-refractivity contribution in [2.24, 2.45) is 0 Å². The van der Waals surface area contributed by atoms with Crippen molar-refractivity contribution in [3.8, 4) is 11.5 Å². The predicted molar refractivity (Wildman–Crippen MR) is 110 cm³/mol. The van der Waals surface area contributed by atoms with Gasteiger partial charge in [0.15, 0.2) is 11.5 Å². The van der Waals surface area contributed by atoms with Crippen molar-refractivity contribution < 1.29 is 23.8 Å². The van der Waals surface area contributed by atoms with Gasteiger partial charge in [-0.1, -0.05) is 18.2 Å². The maximum Gasteiger partial charge on any atom is 0.291 e. The molecule has 0 saturated carbocycles. The van der Waals surface area contributed by atoms with E-state index in [1.165, 1.54) is 0 Å². The van der Waals surface area contributed by atoms with Crippen molar-refractivity contribution >= 4 is 23.6 Å². The monoisotopic (exact) mass is 396 g/mol. The highest BCUT2D eigenvalue weighted by atomic mass is 16.5. The van der Waals surface area contributed by atoms with Gasteiger partial charge >= 0.3 is 0 Å². The number of rotatable bonds is 8. The van der Waals surface area contributed by atoms with E-state index in [1.807, 2.05) is 25.1 Å². The van der Waals surface area contributed by atoms with Crippen molar-refractivity contribution in [3.05, 3.63) is 59.4 Å². The molecule has 2 N–H and O–H groups in total. The molecule has 0 saturated heterocycles. The number of para-hydroxylation sites is 1. The standard InChI is InChI=1S/C22H24N2O5/c1-3-28-12-6-11-23-21(25)16-9-10-19-17(13-16)24-22(26)20(29-19)14-15-7-4-5-8-18(15)27-2/h4-5,7-10,13-14H,3,6,11-12H2,1-2H3,(H,23,25)(H,24,26)/b20-14-. The molecule has 0 aliphatic carbocycles. The summed E-state index contributed by atoms with van der Waals surface area (Å²) >= 11 is 0. The van der Waals surface area contributed by atoms with Gasteiger partial charge in [-0.05, 0) is 43.7 Å². The molecule has 7 heteroatoms. The molecule has 1 aliphatic rings. The minimum Gasteiger partial charge on any atom is -0.496 e. The zero-order chi connectivity index (χ0) is 20.6. The first-order chi connectivity index (χ1) is 14.1. The number of hydrogen-bond donors (Lipinski definition) is 2. The van der Waals surface area contributed by atoms with Crippen LogP contribution in [0.5, 0.6) is 11.5 Å². The molecule has 152 valence electrons. The van der Waals surface area contributed by atoms with Crippen LogP contribution in [0.3, 0.4) is 0 Å². The number of nitrogens with one attached hydrogen (secondary N) is 2. The molecule has 2 amide bonds. The Bertz CT molecular complexity index is 923. The minimum absolute atomic E-state index is 0.148. The number of methoxy groups -OCH3 is 1. The summed E-state index contributed by atoms with van der Waals surface area (Å²) in [7, 11) is 1.57. The zero-order valence-corrected chi connectivity index (χ0v) is 16.5. The number of benzene rings is 2. The molecule has 0 bridgehead atoms. The summed E-state index contributed by atoms with van der Waals surface area (Å²) in [4.78, 5) is 24.7. The van der Waals surface area contributed by atoms with Gasteiger partial charge in [0, 0.05) is 30.9 Å². The maximum absolute atomic E-state index is 12.5. The Hall–Kier alpha value is -3.32. The lowest BCUT2D eigenvalue weighted by atomic mass is 10.1. The van der Waals surface area contributed by atoms with Crippen LogP contribution in [0.25, 0.3) is 6.08 Å². The van der Waals surface area contributed by atoms with Gasteiger partial charge in [-0.25, -0.2) is 0 Å². The van der Waals surface area contributed by atoms with Crippen LogP contribution in [0.2, 0.25) is 0 Å². The lowest BCUT2D eigenvalue weighted by Crippen LogP contribution is -2.27. The lowest BCUT2D eigenvalue weighted by molar-refractivity contribution is -0.115. The van der Waals surface area contributed by atoms with Gasteiger partial charge < -0.3 is 24.8 Å². The second kappa shape index (κ2) is 9.75. The lowest BCUT2D eigenvalue weighted by Gasteiger charge is -2.20. The van der Waals surface area contributed by atoms with E-state index in [4.69, 9.17) is 14.2 Å². The van der Waals surface area contributed by atoms with Gasteiger partial charge in [0.05, 0.1) is 12.8 Å². The summed E-state index contributed by atoms with van der Waals surface area (Å²) in [6.07, 6.45) is 2.36. The molecule has 2 aromatic carbocycles. The van der Waals surface area contributed by atoms with Crippen LogP contribution in [0.15, 0.2) is 48.2 Å². The summed E-state index contributed by atoms with van der Waals surface area (Å²) in [5.41, 5.74) is 1.63. The number of fused-ring (bicyclic) bond motifs is 1. The molecule has 0 atom stereocenters. The van der Waals surface area contributed by atoms with E-state index in [2.05, 4.69) is 10.6 Å². The number of hydrogen-bond acceptors (Lipinski definition) is 5. The summed E-state index contributed by atoms with van der Waals surface area (Å²) < 4.78 is 16.3. The quantitative estimate of drug-likeness (QED) is 0.529. The highest BCUT2D eigenvalue weighted by Crippen LogP contribution is 2.33. The molecule has 0 spiro atoms.